The van der Waals surface area contributed by atoms with Crippen molar-refractivity contribution in [2.24, 2.45) is 0 Å². The number of unbranched alkanes of at least 4 members (excludes halogenated alkanes) is 10. The molecule has 0 spiro atoms. The first-order valence-corrected chi connectivity index (χ1v) is 13.3. The van der Waals surface area contributed by atoms with Gasteiger partial charge in [0.15, 0.2) is 6.29 Å². The SMILES string of the molecule is CCCC(O)O.CCCCCCCCOC(=O)c1ccccc1C(=O)OCCCCCCCC. The van der Waals surface area contributed by atoms with E-state index in [0.717, 1.165) is 32.1 Å². The van der Waals surface area contributed by atoms with Crippen molar-refractivity contribution in [2.75, 3.05) is 13.2 Å². The highest BCUT2D eigenvalue weighted by atomic mass is 16.5. The first-order valence-electron chi connectivity index (χ1n) is 13.3. The van der Waals surface area contributed by atoms with Gasteiger partial charge in [-0.3, -0.25) is 0 Å². The molecule has 34 heavy (non-hydrogen) atoms. The molecule has 0 saturated carbocycles. The maximum Gasteiger partial charge on any atom is 0.339 e. The number of hydrogen-bond donors (Lipinski definition) is 2. The first kappa shape index (κ1) is 32.1. The molecule has 0 atom stereocenters. The lowest BCUT2D eigenvalue weighted by Crippen LogP contribution is -2.15. The van der Waals surface area contributed by atoms with Gasteiger partial charge in [0, 0.05) is 0 Å². The smallest absolute Gasteiger partial charge is 0.339 e. The Kier molecular flexibility index (Phi) is 21.6. The number of ether oxygens (including phenoxy) is 2. The van der Waals surface area contributed by atoms with Crippen LogP contribution in [0.25, 0.3) is 0 Å². The lowest BCUT2D eigenvalue weighted by molar-refractivity contribution is -0.0453. The fourth-order valence-electron chi connectivity index (χ4n) is 3.35. The Morgan fingerprint density at radius 2 is 1.03 bits per heavy atom. The van der Waals surface area contributed by atoms with Crippen molar-refractivity contribution in [3.8, 4) is 0 Å². The Labute approximate surface area is 207 Å². The molecule has 6 nitrogen and oxygen atoms in total. The van der Waals surface area contributed by atoms with Gasteiger partial charge in [-0.1, -0.05) is 104 Å². The summed E-state index contributed by atoms with van der Waals surface area (Å²) >= 11 is 0. The number of rotatable bonds is 18. The zero-order valence-electron chi connectivity index (χ0n) is 21.7. The molecule has 0 aliphatic carbocycles. The Bertz CT molecular complexity index is 580. The number of carbonyl (C=O) groups is 2. The number of aliphatic hydroxyl groups excluding tert-OH is 1. The molecule has 0 fully saturated rings. The van der Waals surface area contributed by atoms with Crippen molar-refractivity contribution in [1.82, 2.24) is 0 Å². The lowest BCUT2D eigenvalue weighted by Gasteiger charge is -2.10. The molecule has 1 rings (SSSR count). The van der Waals surface area contributed by atoms with Crippen LogP contribution in [0.4, 0.5) is 0 Å². The van der Waals surface area contributed by atoms with E-state index >= 15 is 0 Å². The van der Waals surface area contributed by atoms with E-state index in [1.165, 1.54) is 51.4 Å². The number of benzene rings is 1. The molecule has 0 aliphatic rings. The van der Waals surface area contributed by atoms with Crippen molar-refractivity contribution in [2.45, 2.75) is 117 Å². The third kappa shape index (κ3) is 17.5. The van der Waals surface area contributed by atoms with E-state index in [4.69, 9.17) is 19.7 Å². The second kappa shape index (κ2) is 22.9. The minimum atomic E-state index is -1.10. The molecular weight excluding hydrogens is 432 g/mol. The summed E-state index contributed by atoms with van der Waals surface area (Å²) in [5.41, 5.74) is 0.586. The van der Waals surface area contributed by atoms with Crippen LogP contribution >= 0.6 is 0 Å². The zero-order chi connectivity index (χ0) is 25.4. The molecule has 2 N–H and O–H groups in total. The van der Waals surface area contributed by atoms with Gasteiger partial charge in [-0.2, -0.15) is 0 Å². The highest BCUT2D eigenvalue weighted by molar-refractivity contribution is 6.03. The summed E-state index contributed by atoms with van der Waals surface area (Å²) in [5.74, 6) is -0.888. The molecule has 0 radical (unpaired) electrons. The summed E-state index contributed by atoms with van der Waals surface area (Å²) in [6, 6.07) is 6.74. The quantitative estimate of drug-likeness (QED) is 0.136. The maximum atomic E-state index is 12.4. The average molecular weight is 481 g/mol. The van der Waals surface area contributed by atoms with E-state index in [9.17, 15) is 9.59 Å². The molecule has 0 bridgehead atoms. The molecule has 1 aromatic rings. The molecule has 6 heteroatoms. The molecule has 0 amide bonds. The van der Waals surface area contributed by atoms with Gasteiger partial charge >= 0.3 is 11.9 Å². The van der Waals surface area contributed by atoms with Crippen LogP contribution in [0.2, 0.25) is 0 Å². The second-order valence-electron chi connectivity index (χ2n) is 8.62. The van der Waals surface area contributed by atoms with Gasteiger partial charge in [-0.25, -0.2) is 9.59 Å². The number of aliphatic hydroxyl groups is 2. The van der Waals surface area contributed by atoms with Crippen LogP contribution in [-0.2, 0) is 9.47 Å². The molecular formula is C28H48O6. The molecule has 0 aliphatic heterocycles. The van der Waals surface area contributed by atoms with Gasteiger partial charge in [0.1, 0.15) is 0 Å². The summed E-state index contributed by atoms with van der Waals surface area (Å²) in [4.78, 5) is 24.7. The topological polar surface area (TPSA) is 93.1 Å². The van der Waals surface area contributed by atoms with Crippen LogP contribution in [0.1, 0.15) is 131 Å². The average Bonchev–Trinajstić information content (AvgIpc) is 2.83. The maximum absolute atomic E-state index is 12.4. The summed E-state index contributed by atoms with van der Waals surface area (Å²) in [5, 5.41) is 16.2. The number of esters is 2. The van der Waals surface area contributed by atoms with E-state index in [1.807, 2.05) is 6.92 Å². The van der Waals surface area contributed by atoms with E-state index in [0.29, 0.717) is 30.8 Å². The van der Waals surface area contributed by atoms with Gasteiger partial charge in [-0.15, -0.1) is 0 Å². The van der Waals surface area contributed by atoms with Crippen LogP contribution in [0, 0.1) is 0 Å². The molecule has 0 heterocycles. The van der Waals surface area contributed by atoms with Crippen molar-refractivity contribution < 1.29 is 29.3 Å². The Balaban J connectivity index is 0.00000160. The standard InChI is InChI=1S/C24H38O4.C4H10O2/c1-3-5-7-9-11-15-19-27-23(25)21-17-13-14-18-22(21)24(26)28-20-16-12-10-8-6-4-2;1-2-3-4(5)6/h13-14,17-18H,3-12,15-16,19-20H2,1-2H3;4-6H,2-3H2,1H3. The Morgan fingerprint density at radius 1 is 0.647 bits per heavy atom. The fourth-order valence-corrected chi connectivity index (χ4v) is 3.35. The molecule has 0 saturated heterocycles. The summed E-state index contributed by atoms with van der Waals surface area (Å²) in [7, 11) is 0. The van der Waals surface area contributed by atoms with Crippen LogP contribution in [0.3, 0.4) is 0 Å². The van der Waals surface area contributed by atoms with E-state index < -0.39 is 18.2 Å². The van der Waals surface area contributed by atoms with Crippen molar-refractivity contribution >= 4 is 11.9 Å². The van der Waals surface area contributed by atoms with Crippen LogP contribution in [0.5, 0.6) is 0 Å². The van der Waals surface area contributed by atoms with E-state index in [1.54, 1.807) is 24.3 Å². The highest BCUT2D eigenvalue weighted by Crippen LogP contribution is 2.14. The van der Waals surface area contributed by atoms with Crippen LogP contribution in [-0.4, -0.2) is 41.7 Å². The van der Waals surface area contributed by atoms with Crippen molar-refractivity contribution in [1.29, 1.82) is 0 Å². The minimum absolute atomic E-state index is 0.293. The largest absolute Gasteiger partial charge is 0.462 e. The van der Waals surface area contributed by atoms with E-state index in [2.05, 4.69) is 13.8 Å². The van der Waals surface area contributed by atoms with Crippen molar-refractivity contribution in [3.05, 3.63) is 35.4 Å². The van der Waals surface area contributed by atoms with Gasteiger partial charge < -0.3 is 19.7 Å². The summed E-state index contributed by atoms with van der Waals surface area (Å²) < 4.78 is 10.7. The normalized spacial score (nSPS) is 10.5. The predicted octanol–water partition coefficient (Wildman–Crippen LogP) is 6.82. The lowest BCUT2D eigenvalue weighted by atomic mass is 10.1. The number of carbonyl (C=O) groups excluding carboxylic acids is 2. The van der Waals surface area contributed by atoms with Crippen LogP contribution in [0.15, 0.2) is 24.3 Å². The fraction of sp³-hybridized carbons (Fsp3) is 0.714. The molecule has 0 unspecified atom stereocenters. The molecule has 196 valence electrons. The Morgan fingerprint density at radius 3 is 1.35 bits per heavy atom. The zero-order valence-corrected chi connectivity index (χ0v) is 21.7. The van der Waals surface area contributed by atoms with E-state index in [-0.39, 0.29) is 0 Å². The third-order valence-electron chi connectivity index (χ3n) is 5.38. The summed E-state index contributed by atoms with van der Waals surface area (Å²) in [6.45, 7) is 7.08. The first-order chi connectivity index (χ1) is 16.5. The second-order valence-corrected chi connectivity index (χ2v) is 8.62. The Hall–Kier alpha value is -1.92. The van der Waals surface area contributed by atoms with Gasteiger partial charge in [0.2, 0.25) is 0 Å². The number of hydrogen-bond acceptors (Lipinski definition) is 6. The monoisotopic (exact) mass is 480 g/mol. The predicted molar refractivity (Wildman–Crippen MR) is 137 cm³/mol. The minimum Gasteiger partial charge on any atom is -0.462 e. The van der Waals surface area contributed by atoms with Crippen LogP contribution < -0.4 is 0 Å². The molecule has 1 aromatic carbocycles. The third-order valence-corrected chi connectivity index (χ3v) is 5.38. The van der Waals surface area contributed by atoms with Gasteiger partial charge in [0.05, 0.1) is 24.3 Å². The summed E-state index contributed by atoms with van der Waals surface area (Å²) in [6.07, 6.45) is 13.8. The van der Waals surface area contributed by atoms with Gasteiger partial charge in [-0.05, 0) is 31.4 Å². The highest BCUT2D eigenvalue weighted by Gasteiger charge is 2.18. The molecule has 0 aromatic heterocycles. The van der Waals surface area contributed by atoms with Gasteiger partial charge in [0.25, 0.3) is 0 Å². The van der Waals surface area contributed by atoms with Crippen molar-refractivity contribution in [3.63, 3.8) is 0 Å².